The number of rotatable bonds is 4. The lowest BCUT2D eigenvalue weighted by atomic mass is 10.1. The molecule has 0 aliphatic carbocycles. The fraction of sp³-hybridized carbons (Fsp3) is 0.533. The molecule has 0 spiro atoms. The second kappa shape index (κ2) is 7.11. The summed E-state index contributed by atoms with van der Waals surface area (Å²) in [5, 5.41) is 2.72. The molecule has 0 aromatic heterocycles. The molecule has 1 N–H and O–H groups in total. The largest absolute Gasteiger partial charge is 0.450 e. The Morgan fingerprint density at radius 1 is 1.36 bits per heavy atom. The molecule has 7 heteroatoms. The predicted octanol–water partition coefficient (Wildman–Crippen LogP) is 1.89. The fourth-order valence-electron chi connectivity index (χ4n) is 2.48. The van der Waals surface area contributed by atoms with Crippen LogP contribution in [-0.2, 0) is 14.8 Å². The van der Waals surface area contributed by atoms with E-state index in [1.165, 1.54) is 4.31 Å². The van der Waals surface area contributed by atoms with Gasteiger partial charge < -0.3 is 10.1 Å². The van der Waals surface area contributed by atoms with Crippen LogP contribution >= 0.6 is 0 Å². The predicted molar refractivity (Wildman–Crippen MR) is 83.1 cm³/mol. The van der Waals surface area contributed by atoms with E-state index in [1.807, 2.05) is 6.92 Å². The van der Waals surface area contributed by atoms with Crippen molar-refractivity contribution in [3.8, 4) is 0 Å². The van der Waals surface area contributed by atoms with Crippen LogP contribution in [0.2, 0.25) is 0 Å². The lowest BCUT2D eigenvalue weighted by Gasteiger charge is -2.32. The van der Waals surface area contributed by atoms with Crippen LogP contribution in [0, 0.1) is 6.92 Å². The van der Waals surface area contributed by atoms with Gasteiger partial charge in [0.1, 0.15) is 0 Å². The van der Waals surface area contributed by atoms with E-state index >= 15 is 0 Å². The van der Waals surface area contributed by atoms with Crippen LogP contribution in [0.4, 0.5) is 4.79 Å². The van der Waals surface area contributed by atoms with E-state index in [0.717, 1.165) is 12.0 Å². The van der Waals surface area contributed by atoms with Crippen molar-refractivity contribution in [1.82, 2.24) is 9.62 Å². The Bertz CT molecular complexity index is 613. The average molecular weight is 326 g/mol. The number of carbonyl (C=O) groups excluding carboxylic acids is 1. The van der Waals surface area contributed by atoms with Crippen LogP contribution in [0.3, 0.4) is 0 Å². The lowest BCUT2D eigenvalue weighted by molar-refractivity contribution is 0.142. The van der Waals surface area contributed by atoms with Gasteiger partial charge in [-0.15, -0.1) is 0 Å². The number of hydrogen-bond acceptors (Lipinski definition) is 4. The van der Waals surface area contributed by atoms with Crippen molar-refractivity contribution in [2.75, 3.05) is 19.7 Å². The minimum Gasteiger partial charge on any atom is -0.450 e. The van der Waals surface area contributed by atoms with Gasteiger partial charge in [0, 0.05) is 19.1 Å². The third-order valence-electron chi connectivity index (χ3n) is 3.64. The van der Waals surface area contributed by atoms with Crippen LogP contribution in [0.25, 0.3) is 0 Å². The van der Waals surface area contributed by atoms with E-state index in [1.54, 1.807) is 31.2 Å². The molecule has 1 aromatic rings. The zero-order valence-electron chi connectivity index (χ0n) is 12.9. The summed E-state index contributed by atoms with van der Waals surface area (Å²) in [6.45, 7) is 4.68. The monoisotopic (exact) mass is 326 g/mol. The molecule has 1 aliphatic rings. The highest BCUT2D eigenvalue weighted by Crippen LogP contribution is 2.21. The smallest absolute Gasteiger partial charge is 0.407 e. The number of piperidine rings is 1. The van der Waals surface area contributed by atoms with Crippen molar-refractivity contribution in [3.63, 3.8) is 0 Å². The number of nitrogens with one attached hydrogen (secondary N) is 1. The number of nitrogens with zero attached hydrogens (tertiary/aromatic N) is 1. The number of sulfonamides is 1. The van der Waals surface area contributed by atoms with Gasteiger partial charge in [-0.3, -0.25) is 0 Å². The van der Waals surface area contributed by atoms with Crippen molar-refractivity contribution >= 4 is 16.1 Å². The summed E-state index contributed by atoms with van der Waals surface area (Å²) in [4.78, 5) is 11.8. The lowest BCUT2D eigenvalue weighted by Crippen LogP contribution is -2.49. The van der Waals surface area contributed by atoms with Crippen LogP contribution in [-0.4, -0.2) is 44.6 Å². The van der Waals surface area contributed by atoms with E-state index < -0.39 is 16.1 Å². The van der Waals surface area contributed by atoms with Gasteiger partial charge in [-0.2, -0.15) is 4.31 Å². The van der Waals surface area contributed by atoms with Gasteiger partial charge in [-0.25, -0.2) is 13.2 Å². The van der Waals surface area contributed by atoms with Crippen molar-refractivity contribution < 1.29 is 17.9 Å². The Morgan fingerprint density at radius 3 is 2.68 bits per heavy atom. The van der Waals surface area contributed by atoms with Crippen LogP contribution in [0.1, 0.15) is 25.3 Å². The van der Waals surface area contributed by atoms with Crippen LogP contribution in [0.5, 0.6) is 0 Å². The first-order valence-corrected chi connectivity index (χ1v) is 8.87. The van der Waals surface area contributed by atoms with Crippen LogP contribution in [0.15, 0.2) is 29.2 Å². The van der Waals surface area contributed by atoms with Gasteiger partial charge in [-0.05, 0) is 38.8 Å². The molecular formula is C15H22N2O4S. The normalized spacial score (nSPS) is 19.6. The summed E-state index contributed by atoms with van der Waals surface area (Å²) in [5.41, 5.74) is 1.01. The summed E-state index contributed by atoms with van der Waals surface area (Å²) in [5.74, 6) is 0. The standard InChI is InChI=1S/C15H22N2O4S/c1-3-21-15(18)16-13-5-4-10-17(11-13)22(19,20)14-8-6-12(2)7-9-14/h6-9,13H,3-5,10-11H2,1-2H3,(H,16,18)/t13-/m1/s1. The number of alkyl carbamates (subject to hydrolysis) is 1. The SMILES string of the molecule is CCOC(=O)N[C@@H]1CCCN(S(=O)(=O)c2ccc(C)cc2)C1. The number of carbonyl (C=O) groups is 1. The summed E-state index contributed by atoms with van der Waals surface area (Å²) in [6, 6.07) is 6.59. The highest BCUT2D eigenvalue weighted by Gasteiger charge is 2.30. The quantitative estimate of drug-likeness (QED) is 0.917. The number of amides is 1. The minimum absolute atomic E-state index is 0.215. The Kier molecular flexibility index (Phi) is 5.42. The van der Waals surface area contributed by atoms with E-state index in [0.29, 0.717) is 19.6 Å². The van der Waals surface area contributed by atoms with E-state index in [9.17, 15) is 13.2 Å². The number of aryl methyl sites for hydroxylation is 1. The van der Waals surface area contributed by atoms with Gasteiger partial charge in [0.25, 0.3) is 0 Å². The highest BCUT2D eigenvalue weighted by atomic mass is 32.2. The van der Waals surface area contributed by atoms with E-state index in [2.05, 4.69) is 5.32 Å². The summed E-state index contributed by atoms with van der Waals surface area (Å²) in [7, 11) is -3.52. The molecule has 1 atom stereocenters. The molecule has 0 radical (unpaired) electrons. The van der Waals surface area contributed by atoms with Gasteiger partial charge in [0.05, 0.1) is 11.5 Å². The zero-order chi connectivity index (χ0) is 16.2. The Morgan fingerprint density at radius 2 is 2.05 bits per heavy atom. The molecule has 0 bridgehead atoms. The molecule has 2 rings (SSSR count). The summed E-state index contributed by atoms with van der Waals surface area (Å²) in [6.07, 6.45) is 0.961. The Balaban J connectivity index is 2.07. The number of hydrogen-bond donors (Lipinski definition) is 1. The van der Waals surface area contributed by atoms with E-state index in [-0.39, 0.29) is 17.5 Å². The summed E-state index contributed by atoms with van der Waals surface area (Å²) < 4.78 is 31.5. The number of benzene rings is 1. The first kappa shape index (κ1) is 16.8. The summed E-state index contributed by atoms with van der Waals surface area (Å²) >= 11 is 0. The van der Waals surface area contributed by atoms with Crippen molar-refractivity contribution in [3.05, 3.63) is 29.8 Å². The maximum absolute atomic E-state index is 12.6. The Labute approximate surface area is 131 Å². The van der Waals surface area contributed by atoms with Crippen LogP contribution < -0.4 is 5.32 Å². The third kappa shape index (κ3) is 3.98. The minimum atomic E-state index is -3.52. The molecule has 122 valence electrons. The second-order valence-corrected chi connectivity index (χ2v) is 7.32. The average Bonchev–Trinajstić information content (AvgIpc) is 2.48. The second-order valence-electron chi connectivity index (χ2n) is 5.38. The van der Waals surface area contributed by atoms with Crippen molar-refractivity contribution in [2.45, 2.75) is 37.6 Å². The highest BCUT2D eigenvalue weighted by molar-refractivity contribution is 7.89. The van der Waals surface area contributed by atoms with Gasteiger partial charge in [-0.1, -0.05) is 17.7 Å². The molecule has 1 amide bonds. The molecule has 1 aromatic carbocycles. The van der Waals surface area contributed by atoms with Crippen molar-refractivity contribution in [1.29, 1.82) is 0 Å². The molecule has 1 aliphatic heterocycles. The van der Waals surface area contributed by atoms with Gasteiger partial charge in [0.2, 0.25) is 10.0 Å². The van der Waals surface area contributed by atoms with Crippen molar-refractivity contribution in [2.24, 2.45) is 0 Å². The topological polar surface area (TPSA) is 75.7 Å². The molecule has 0 saturated carbocycles. The number of ether oxygens (including phenoxy) is 1. The maximum atomic E-state index is 12.6. The van der Waals surface area contributed by atoms with E-state index in [4.69, 9.17) is 4.74 Å². The van der Waals surface area contributed by atoms with Gasteiger partial charge >= 0.3 is 6.09 Å². The molecule has 6 nitrogen and oxygen atoms in total. The molecule has 1 saturated heterocycles. The zero-order valence-corrected chi connectivity index (χ0v) is 13.7. The first-order chi connectivity index (χ1) is 10.4. The molecule has 1 heterocycles. The fourth-order valence-corrected chi connectivity index (χ4v) is 4.00. The van der Waals surface area contributed by atoms with Gasteiger partial charge in [0.15, 0.2) is 0 Å². The Hall–Kier alpha value is -1.60. The molecular weight excluding hydrogens is 304 g/mol. The maximum Gasteiger partial charge on any atom is 0.407 e. The molecule has 1 fully saturated rings. The third-order valence-corrected chi connectivity index (χ3v) is 5.52. The molecule has 0 unspecified atom stereocenters. The molecule has 22 heavy (non-hydrogen) atoms. The first-order valence-electron chi connectivity index (χ1n) is 7.43.